The van der Waals surface area contributed by atoms with Crippen LogP contribution in [-0.4, -0.2) is 24.6 Å². The topological polar surface area (TPSA) is 50.4 Å². The van der Waals surface area contributed by atoms with E-state index in [9.17, 15) is 4.79 Å². The molecule has 4 rings (SSSR count). The van der Waals surface area contributed by atoms with Crippen LogP contribution in [-0.2, 0) is 0 Å². The summed E-state index contributed by atoms with van der Waals surface area (Å²) in [6.07, 6.45) is 5.80. The monoisotopic (exact) mass is 350 g/mol. The summed E-state index contributed by atoms with van der Waals surface area (Å²) in [5.74, 6) is 0.999. The van der Waals surface area contributed by atoms with Crippen molar-refractivity contribution in [3.63, 3.8) is 0 Å². The van der Waals surface area contributed by atoms with Gasteiger partial charge < -0.3 is 15.4 Å². The zero-order valence-electron chi connectivity index (χ0n) is 15.0. The van der Waals surface area contributed by atoms with Crippen LogP contribution < -0.4 is 15.4 Å². The van der Waals surface area contributed by atoms with Crippen LogP contribution in [0.25, 0.3) is 0 Å². The average Bonchev–Trinajstić information content (AvgIpc) is 3.13. The van der Waals surface area contributed by atoms with Crippen molar-refractivity contribution in [3.05, 3.63) is 65.7 Å². The van der Waals surface area contributed by atoms with Crippen molar-refractivity contribution in [2.75, 3.05) is 13.1 Å². The second-order valence-corrected chi connectivity index (χ2v) is 7.36. The number of ether oxygens (including phenoxy) is 1. The fraction of sp³-hybridized carbons (Fsp3) is 0.409. The number of hydrogen-bond donors (Lipinski definition) is 2. The molecule has 2 aromatic rings. The van der Waals surface area contributed by atoms with Crippen LogP contribution in [0.2, 0.25) is 0 Å². The van der Waals surface area contributed by atoms with Crippen LogP contribution in [0.15, 0.2) is 54.6 Å². The molecule has 4 heteroatoms. The van der Waals surface area contributed by atoms with Crippen molar-refractivity contribution in [3.8, 4) is 5.75 Å². The number of fused-ring (bicyclic) bond motifs is 1. The van der Waals surface area contributed by atoms with E-state index >= 15 is 0 Å². The summed E-state index contributed by atoms with van der Waals surface area (Å²) in [5.41, 5.74) is 1.94. The summed E-state index contributed by atoms with van der Waals surface area (Å²) in [7, 11) is 0. The van der Waals surface area contributed by atoms with Crippen LogP contribution in [0.1, 0.15) is 54.1 Å². The standard InChI is InChI=1S/C22H26N2O2/c25-21(17-8-2-1-3-9-17)24-15-14-23-19-16-22(12-6-7-13-22)26-20-11-5-4-10-18(19)20/h1-5,8-11,19,23H,6-7,12-16H2,(H,24,25)/t19-/m0/s1. The molecule has 0 saturated heterocycles. The summed E-state index contributed by atoms with van der Waals surface area (Å²) in [4.78, 5) is 12.1. The molecular formula is C22H26N2O2. The van der Waals surface area contributed by atoms with Gasteiger partial charge in [0.2, 0.25) is 0 Å². The molecule has 1 fully saturated rings. The van der Waals surface area contributed by atoms with Gasteiger partial charge in [-0.1, -0.05) is 36.4 Å². The number of benzene rings is 2. The summed E-state index contributed by atoms with van der Waals surface area (Å²) in [6, 6.07) is 18.0. The molecule has 2 aromatic carbocycles. The quantitative estimate of drug-likeness (QED) is 0.806. The Hall–Kier alpha value is -2.33. The number of para-hydroxylation sites is 1. The van der Waals surface area contributed by atoms with Crippen LogP contribution in [0.4, 0.5) is 0 Å². The van der Waals surface area contributed by atoms with E-state index in [1.807, 2.05) is 36.4 Å². The fourth-order valence-corrected chi connectivity index (χ4v) is 4.24. The largest absolute Gasteiger partial charge is 0.487 e. The molecule has 4 nitrogen and oxygen atoms in total. The predicted octanol–water partition coefficient (Wildman–Crippen LogP) is 3.84. The van der Waals surface area contributed by atoms with Gasteiger partial charge >= 0.3 is 0 Å². The zero-order valence-corrected chi connectivity index (χ0v) is 15.0. The molecule has 2 N–H and O–H groups in total. The number of carbonyl (C=O) groups is 1. The molecular weight excluding hydrogens is 324 g/mol. The fourth-order valence-electron chi connectivity index (χ4n) is 4.24. The number of rotatable bonds is 5. The van der Waals surface area contributed by atoms with Crippen LogP contribution >= 0.6 is 0 Å². The second kappa shape index (κ2) is 7.50. The molecule has 0 bridgehead atoms. The molecule has 1 heterocycles. The second-order valence-electron chi connectivity index (χ2n) is 7.36. The third-order valence-corrected chi connectivity index (χ3v) is 5.55. The van der Waals surface area contributed by atoms with Crippen molar-refractivity contribution < 1.29 is 9.53 Å². The Labute approximate surface area is 155 Å². The molecule has 1 atom stereocenters. The lowest BCUT2D eigenvalue weighted by atomic mass is 9.86. The van der Waals surface area contributed by atoms with E-state index in [0.717, 1.165) is 31.6 Å². The predicted molar refractivity (Wildman–Crippen MR) is 102 cm³/mol. The van der Waals surface area contributed by atoms with Gasteiger partial charge in [0.15, 0.2) is 0 Å². The third-order valence-electron chi connectivity index (χ3n) is 5.55. The van der Waals surface area contributed by atoms with Gasteiger partial charge in [0.25, 0.3) is 5.91 Å². The Morgan fingerprint density at radius 1 is 1.00 bits per heavy atom. The molecule has 1 amide bonds. The number of nitrogens with one attached hydrogen (secondary N) is 2. The molecule has 0 aromatic heterocycles. The van der Waals surface area contributed by atoms with Crippen LogP contribution in [0.3, 0.4) is 0 Å². The third kappa shape index (κ3) is 3.61. The highest BCUT2D eigenvalue weighted by Gasteiger charge is 2.42. The smallest absolute Gasteiger partial charge is 0.251 e. The molecule has 1 spiro atoms. The van der Waals surface area contributed by atoms with Gasteiger partial charge in [-0.05, 0) is 43.9 Å². The first-order valence-corrected chi connectivity index (χ1v) is 9.60. The van der Waals surface area contributed by atoms with Gasteiger partial charge in [-0.15, -0.1) is 0 Å². The Morgan fingerprint density at radius 2 is 1.73 bits per heavy atom. The molecule has 0 unspecified atom stereocenters. The summed E-state index contributed by atoms with van der Waals surface area (Å²) >= 11 is 0. The maximum atomic E-state index is 12.1. The molecule has 26 heavy (non-hydrogen) atoms. The van der Waals surface area contributed by atoms with Crippen molar-refractivity contribution in [1.82, 2.24) is 10.6 Å². The average molecular weight is 350 g/mol. The first kappa shape index (κ1) is 17.1. The SMILES string of the molecule is O=C(NCCN[C@H]1CC2(CCCC2)Oc2ccccc21)c1ccccc1. The number of carbonyl (C=O) groups excluding carboxylic acids is 1. The van der Waals surface area contributed by atoms with Gasteiger partial charge in [0, 0.05) is 36.7 Å². The van der Waals surface area contributed by atoms with Gasteiger partial charge in [-0.25, -0.2) is 0 Å². The first-order chi connectivity index (χ1) is 12.8. The maximum Gasteiger partial charge on any atom is 0.251 e. The Balaban J connectivity index is 1.36. The maximum absolute atomic E-state index is 12.1. The Morgan fingerprint density at radius 3 is 2.54 bits per heavy atom. The molecule has 0 radical (unpaired) electrons. The number of amides is 1. The van der Waals surface area contributed by atoms with Gasteiger partial charge in [0.1, 0.15) is 11.4 Å². The van der Waals surface area contributed by atoms with Crippen molar-refractivity contribution in [2.24, 2.45) is 0 Å². The molecule has 136 valence electrons. The molecule has 1 aliphatic carbocycles. The van der Waals surface area contributed by atoms with E-state index in [1.54, 1.807) is 0 Å². The van der Waals surface area contributed by atoms with Gasteiger partial charge in [-0.2, -0.15) is 0 Å². The van der Waals surface area contributed by atoms with E-state index in [4.69, 9.17) is 4.74 Å². The minimum absolute atomic E-state index is 0.000688. The van der Waals surface area contributed by atoms with E-state index in [1.165, 1.54) is 18.4 Å². The van der Waals surface area contributed by atoms with Crippen LogP contribution in [0, 0.1) is 0 Å². The van der Waals surface area contributed by atoms with E-state index in [0.29, 0.717) is 12.1 Å². The van der Waals surface area contributed by atoms with E-state index < -0.39 is 0 Å². The van der Waals surface area contributed by atoms with Crippen molar-refractivity contribution in [2.45, 2.75) is 43.7 Å². The van der Waals surface area contributed by atoms with E-state index in [-0.39, 0.29) is 17.6 Å². The molecule has 2 aliphatic rings. The van der Waals surface area contributed by atoms with Crippen molar-refractivity contribution in [1.29, 1.82) is 0 Å². The highest BCUT2D eigenvalue weighted by molar-refractivity contribution is 5.94. The lowest BCUT2D eigenvalue weighted by Crippen LogP contribution is -2.43. The minimum atomic E-state index is -0.0213. The zero-order chi connectivity index (χ0) is 17.8. The summed E-state index contributed by atoms with van der Waals surface area (Å²) < 4.78 is 6.40. The Kier molecular flexibility index (Phi) is 4.93. The van der Waals surface area contributed by atoms with E-state index in [2.05, 4.69) is 28.8 Å². The normalized spacial score (nSPS) is 20.4. The molecule has 1 aliphatic heterocycles. The minimum Gasteiger partial charge on any atom is -0.487 e. The lowest BCUT2D eigenvalue weighted by molar-refractivity contribution is 0.0368. The molecule has 1 saturated carbocycles. The van der Waals surface area contributed by atoms with Crippen LogP contribution in [0.5, 0.6) is 5.75 Å². The highest BCUT2D eigenvalue weighted by Crippen LogP contribution is 2.46. The lowest BCUT2D eigenvalue weighted by Gasteiger charge is -2.40. The van der Waals surface area contributed by atoms with Gasteiger partial charge in [0.05, 0.1) is 0 Å². The van der Waals surface area contributed by atoms with Crippen molar-refractivity contribution >= 4 is 5.91 Å². The summed E-state index contributed by atoms with van der Waals surface area (Å²) in [6.45, 7) is 1.36. The number of hydrogen-bond acceptors (Lipinski definition) is 3. The Bertz CT molecular complexity index is 754. The van der Waals surface area contributed by atoms with Gasteiger partial charge in [-0.3, -0.25) is 4.79 Å². The first-order valence-electron chi connectivity index (χ1n) is 9.60. The summed E-state index contributed by atoms with van der Waals surface area (Å²) in [5, 5.41) is 6.63. The highest BCUT2D eigenvalue weighted by atomic mass is 16.5.